The van der Waals surface area contributed by atoms with Gasteiger partial charge in [-0.15, -0.1) is 5.10 Å². The van der Waals surface area contributed by atoms with E-state index in [4.69, 9.17) is 16.6 Å². The van der Waals surface area contributed by atoms with Crippen LogP contribution in [0.2, 0.25) is 0 Å². The van der Waals surface area contributed by atoms with Crippen LogP contribution in [0.1, 0.15) is 18.4 Å². The molecule has 1 heterocycles. The summed E-state index contributed by atoms with van der Waals surface area (Å²) in [5, 5.41) is 15.4. The second-order valence-electron chi connectivity index (χ2n) is 6.73. The molecule has 1 saturated carbocycles. The summed E-state index contributed by atoms with van der Waals surface area (Å²) in [6.07, 6.45) is 2.17. The van der Waals surface area contributed by atoms with E-state index >= 15 is 0 Å². The molecule has 28 heavy (non-hydrogen) atoms. The number of aromatic nitrogens is 2. The lowest BCUT2D eigenvalue weighted by atomic mass is 10.2. The zero-order valence-electron chi connectivity index (χ0n) is 14.8. The first-order valence-electron chi connectivity index (χ1n) is 8.81. The molecule has 4 rings (SSSR count). The molecule has 9 heteroatoms. The van der Waals surface area contributed by atoms with Gasteiger partial charge in [0.2, 0.25) is 5.89 Å². The van der Waals surface area contributed by atoms with Crippen molar-refractivity contribution in [3.8, 4) is 11.5 Å². The SMILES string of the molecule is O=[N+]([O-])c1cccc(-c2nn(CN(Cc3ccc(F)cc3)C3CC3)c(=S)o2)c1. The summed E-state index contributed by atoms with van der Waals surface area (Å²) in [6.45, 7) is 1.07. The summed E-state index contributed by atoms with van der Waals surface area (Å²) in [6, 6.07) is 12.9. The van der Waals surface area contributed by atoms with Crippen LogP contribution >= 0.6 is 12.2 Å². The molecule has 1 aliphatic rings. The van der Waals surface area contributed by atoms with Gasteiger partial charge in [-0.3, -0.25) is 15.0 Å². The van der Waals surface area contributed by atoms with Gasteiger partial charge in [-0.1, -0.05) is 18.2 Å². The lowest BCUT2D eigenvalue weighted by Gasteiger charge is -2.21. The van der Waals surface area contributed by atoms with E-state index in [1.165, 1.54) is 24.3 Å². The molecule has 0 unspecified atom stereocenters. The molecular formula is C19H17FN4O3S. The van der Waals surface area contributed by atoms with Crippen molar-refractivity contribution < 1.29 is 13.7 Å². The quantitative estimate of drug-likeness (QED) is 0.329. The largest absolute Gasteiger partial charge is 0.409 e. The van der Waals surface area contributed by atoms with Crippen LogP contribution in [-0.2, 0) is 13.2 Å². The maximum atomic E-state index is 13.1. The van der Waals surface area contributed by atoms with E-state index in [1.54, 1.807) is 28.9 Å². The number of non-ortho nitro benzene ring substituents is 1. The van der Waals surface area contributed by atoms with Gasteiger partial charge in [-0.05, 0) is 48.8 Å². The van der Waals surface area contributed by atoms with Crippen molar-refractivity contribution in [1.29, 1.82) is 0 Å². The van der Waals surface area contributed by atoms with Gasteiger partial charge in [0.05, 0.1) is 11.6 Å². The summed E-state index contributed by atoms with van der Waals surface area (Å²) in [5.74, 6) is -0.0201. The highest BCUT2D eigenvalue weighted by atomic mass is 32.1. The van der Waals surface area contributed by atoms with E-state index < -0.39 is 4.92 Å². The van der Waals surface area contributed by atoms with Crippen LogP contribution in [-0.4, -0.2) is 25.6 Å². The number of halogens is 1. The number of nitrogens with zero attached hydrogens (tertiary/aromatic N) is 4. The van der Waals surface area contributed by atoms with E-state index in [9.17, 15) is 14.5 Å². The van der Waals surface area contributed by atoms with Crippen molar-refractivity contribution in [2.75, 3.05) is 0 Å². The number of benzene rings is 2. The number of hydrogen-bond acceptors (Lipinski definition) is 6. The van der Waals surface area contributed by atoms with E-state index in [-0.39, 0.29) is 22.2 Å². The molecule has 144 valence electrons. The third-order valence-electron chi connectivity index (χ3n) is 4.59. The molecule has 1 fully saturated rings. The van der Waals surface area contributed by atoms with Gasteiger partial charge in [0.1, 0.15) is 5.82 Å². The Morgan fingerprint density at radius 3 is 2.71 bits per heavy atom. The average Bonchev–Trinajstić information content (AvgIpc) is 3.47. The Morgan fingerprint density at radius 2 is 2.04 bits per heavy atom. The van der Waals surface area contributed by atoms with Crippen LogP contribution in [0.5, 0.6) is 0 Å². The van der Waals surface area contributed by atoms with Crippen LogP contribution in [0.4, 0.5) is 10.1 Å². The van der Waals surface area contributed by atoms with Gasteiger partial charge < -0.3 is 4.42 Å². The first-order valence-corrected chi connectivity index (χ1v) is 9.22. The minimum atomic E-state index is -0.466. The second kappa shape index (κ2) is 7.61. The van der Waals surface area contributed by atoms with Crippen LogP contribution in [0.3, 0.4) is 0 Å². The fraction of sp³-hybridized carbons (Fsp3) is 0.263. The van der Waals surface area contributed by atoms with Gasteiger partial charge in [-0.2, -0.15) is 0 Å². The van der Waals surface area contributed by atoms with Gasteiger partial charge in [0.15, 0.2) is 0 Å². The first kappa shape index (κ1) is 18.5. The highest BCUT2D eigenvalue weighted by Gasteiger charge is 2.30. The highest BCUT2D eigenvalue weighted by molar-refractivity contribution is 7.71. The van der Waals surface area contributed by atoms with Crippen molar-refractivity contribution in [3.63, 3.8) is 0 Å². The molecule has 0 spiro atoms. The van der Waals surface area contributed by atoms with Crippen LogP contribution in [0, 0.1) is 20.8 Å². The molecule has 0 N–H and O–H groups in total. The molecule has 0 aliphatic heterocycles. The Hall–Kier alpha value is -2.91. The van der Waals surface area contributed by atoms with Crippen molar-refractivity contribution >= 4 is 17.9 Å². The second-order valence-corrected chi connectivity index (χ2v) is 7.08. The minimum absolute atomic E-state index is 0.0379. The van der Waals surface area contributed by atoms with E-state index in [0.717, 1.165) is 18.4 Å². The maximum Gasteiger partial charge on any atom is 0.288 e. The Labute approximate surface area is 165 Å². The van der Waals surface area contributed by atoms with Crippen LogP contribution < -0.4 is 0 Å². The molecule has 0 radical (unpaired) electrons. The first-order chi connectivity index (χ1) is 13.5. The van der Waals surface area contributed by atoms with Gasteiger partial charge in [0.25, 0.3) is 10.5 Å². The zero-order valence-corrected chi connectivity index (χ0v) is 15.6. The highest BCUT2D eigenvalue weighted by Crippen LogP contribution is 2.29. The summed E-state index contributed by atoms with van der Waals surface area (Å²) >= 11 is 5.29. The Kier molecular flexibility index (Phi) is 5.01. The van der Waals surface area contributed by atoms with Crippen LogP contribution in [0.15, 0.2) is 52.9 Å². The molecule has 0 atom stereocenters. The topological polar surface area (TPSA) is 77.3 Å². The lowest BCUT2D eigenvalue weighted by molar-refractivity contribution is -0.384. The third kappa shape index (κ3) is 4.15. The molecule has 2 aromatic carbocycles. The monoisotopic (exact) mass is 400 g/mol. The van der Waals surface area contributed by atoms with Crippen molar-refractivity contribution in [1.82, 2.24) is 14.7 Å². The zero-order chi connectivity index (χ0) is 19.7. The fourth-order valence-electron chi connectivity index (χ4n) is 3.00. The van der Waals surface area contributed by atoms with E-state index in [1.807, 2.05) is 0 Å². The number of nitro groups is 1. The molecule has 7 nitrogen and oxygen atoms in total. The molecular weight excluding hydrogens is 383 g/mol. The summed E-state index contributed by atoms with van der Waals surface area (Å²) < 4.78 is 20.3. The number of hydrogen-bond donors (Lipinski definition) is 0. The molecule has 1 aliphatic carbocycles. The van der Waals surface area contributed by atoms with Gasteiger partial charge in [-0.25, -0.2) is 9.07 Å². The Balaban J connectivity index is 1.55. The predicted molar refractivity (Wildman–Crippen MR) is 102 cm³/mol. The normalized spacial score (nSPS) is 13.8. The smallest absolute Gasteiger partial charge is 0.288 e. The van der Waals surface area contributed by atoms with Crippen LogP contribution in [0.25, 0.3) is 11.5 Å². The molecule has 0 amide bonds. The van der Waals surface area contributed by atoms with E-state index in [0.29, 0.717) is 24.8 Å². The molecule has 3 aromatic rings. The van der Waals surface area contributed by atoms with Crippen molar-refractivity contribution in [2.45, 2.75) is 32.1 Å². The Morgan fingerprint density at radius 1 is 1.29 bits per heavy atom. The van der Waals surface area contributed by atoms with Crippen molar-refractivity contribution in [3.05, 3.63) is 74.9 Å². The number of rotatable bonds is 7. The fourth-order valence-corrected chi connectivity index (χ4v) is 3.17. The molecule has 1 aromatic heterocycles. The predicted octanol–water partition coefficient (Wildman–Crippen LogP) is 4.54. The summed E-state index contributed by atoms with van der Waals surface area (Å²) in [7, 11) is 0. The third-order valence-corrected chi connectivity index (χ3v) is 4.88. The molecule has 0 saturated heterocycles. The lowest BCUT2D eigenvalue weighted by Crippen LogP contribution is -2.28. The standard InChI is InChI=1S/C19H17FN4O3S/c20-15-6-4-13(5-7-15)11-22(16-8-9-16)12-23-19(28)27-18(21-23)14-2-1-3-17(10-14)24(25)26/h1-7,10,16H,8-9,11-12H2. The number of nitro benzene ring substituents is 1. The molecule has 0 bridgehead atoms. The van der Waals surface area contributed by atoms with Gasteiger partial charge in [0, 0.05) is 30.3 Å². The van der Waals surface area contributed by atoms with Gasteiger partial charge >= 0.3 is 0 Å². The minimum Gasteiger partial charge on any atom is -0.409 e. The van der Waals surface area contributed by atoms with E-state index in [2.05, 4.69) is 10.00 Å². The average molecular weight is 400 g/mol. The summed E-state index contributed by atoms with van der Waals surface area (Å²) in [4.78, 5) is 12.9. The Bertz CT molecular complexity index is 1060. The maximum absolute atomic E-state index is 13.1. The summed E-state index contributed by atoms with van der Waals surface area (Å²) in [5.41, 5.74) is 1.46. The van der Waals surface area contributed by atoms with Crippen molar-refractivity contribution in [2.24, 2.45) is 0 Å².